The van der Waals surface area contributed by atoms with E-state index < -0.39 is 0 Å². The summed E-state index contributed by atoms with van der Waals surface area (Å²) in [4.78, 5) is 13.8. The van der Waals surface area contributed by atoms with Gasteiger partial charge in [0, 0.05) is 18.3 Å². The molecule has 0 aromatic rings. The smallest absolute Gasteiger partial charge is 0.236 e. The van der Waals surface area contributed by atoms with Gasteiger partial charge in [-0.1, -0.05) is 15.9 Å². The minimum absolute atomic E-state index is 0.0967. The van der Waals surface area contributed by atoms with Crippen LogP contribution in [0.2, 0.25) is 0 Å². The molecule has 2 nitrogen and oxygen atoms in total. The molecule has 0 N–H and O–H groups in total. The number of thioether (sulfide) groups is 1. The summed E-state index contributed by atoms with van der Waals surface area (Å²) in [5.41, 5.74) is 0. The maximum Gasteiger partial charge on any atom is 0.236 e. The van der Waals surface area contributed by atoms with Crippen LogP contribution >= 0.6 is 27.7 Å². The Morgan fingerprint density at radius 2 is 2.31 bits per heavy atom. The van der Waals surface area contributed by atoms with Crippen LogP contribution in [-0.4, -0.2) is 39.7 Å². The molecule has 0 saturated carbocycles. The molecule has 0 aromatic carbocycles. The second-order valence-electron chi connectivity index (χ2n) is 3.66. The Balaban J connectivity index is 1.96. The van der Waals surface area contributed by atoms with Crippen molar-refractivity contribution in [2.75, 3.05) is 18.1 Å². The molecule has 0 radical (unpaired) electrons. The molecule has 0 spiro atoms. The number of carbonyl (C=O) groups excluding carboxylic acids is 1. The summed E-state index contributed by atoms with van der Waals surface area (Å²) in [6.45, 7) is 0.958. The van der Waals surface area contributed by atoms with E-state index in [-0.39, 0.29) is 4.83 Å². The molecular formula is C9H14BrNOS. The van der Waals surface area contributed by atoms with Crippen LogP contribution in [-0.2, 0) is 4.79 Å². The van der Waals surface area contributed by atoms with Crippen LogP contribution in [0.3, 0.4) is 0 Å². The zero-order valence-electron chi connectivity index (χ0n) is 7.54. The Kier molecular flexibility index (Phi) is 3.19. The summed E-state index contributed by atoms with van der Waals surface area (Å²) < 4.78 is 0. The Labute approximate surface area is 91.6 Å². The predicted octanol–water partition coefficient (Wildman–Crippen LogP) is 1.88. The quantitative estimate of drug-likeness (QED) is 0.674. The number of hydrogen-bond donors (Lipinski definition) is 0. The molecule has 2 saturated heterocycles. The van der Waals surface area contributed by atoms with Crippen molar-refractivity contribution in [2.45, 2.75) is 30.1 Å². The first-order valence-electron chi connectivity index (χ1n) is 4.81. The second kappa shape index (κ2) is 4.22. The van der Waals surface area contributed by atoms with Crippen LogP contribution < -0.4 is 0 Å². The van der Waals surface area contributed by atoms with Crippen LogP contribution in [0.15, 0.2) is 0 Å². The predicted molar refractivity (Wildman–Crippen MR) is 59.4 cm³/mol. The third kappa shape index (κ3) is 2.04. The van der Waals surface area contributed by atoms with E-state index in [4.69, 9.17) is 0 Å². The molecule has 2 aliphatic rings. The first kappa shape index (κ1) is 9.84. The van der Waals surface area contributed by atoms with Gasteiger partial charge in [-0.2, -0.15) is 11.8 Å². The highest BCUT2D eigenvalue weighted by atomic mass is 79.9. The minimum atomic E-state index is 0.0967. The topological polar surface area (TPSA) is 20.3 Å². The molecular weight excluding hydrogens is 250 g/mol. The SMILES string of the molecule is O=C1C(Br)CCN1C1CCCSC1. The van der Waals surface area contributed by atoms with Gasteiger partial charge in [0.05, 0.1) is 4.83 Å². The number of likely N-dealkylation sites (tertiary alicyclic amines) is 1. The fourth-order valence-corrected chi connectivity index (χ4v) is 3.62. The maximum absolute atomic E-state index is 11.7. The number of hydrogen-bond acceptors (Lipinski definition) is 2. The molecule has 0 aromatic heterocycles. The normalized spacial score (nSPS) is 35.5. The first-order chi connectivity index (χ1) is 6.29. The van der Waals surface area contributed by atoms with Gasteiger partial charge in [-0.3, -0.25) is 4.79 Å². The Morgan fingerprint density at radius 3 is 2.85 bits per heavy atom. The van der Waals surface area contributed by atoms with Gasteiger partial charge in [0.2, 0.25) is 5.91 Å². The highest BCUT2D eigenvalue weighted by Crippen LogP contribution is 2.27. The van der Waals surface area contributed by atoms with Crippen LogP contribution in [0.1, 0.15) is 19.3 Å². The molecule has 0 aliphatic carbocycles. The summed E-state index contributed by atoms with van der Waals surface area (Å²) >= 11 is 5.40. The van der Waals surface area contributed by atoms with Crippen molar-refractivity contribution >= 4 is 33.6 Å². The molecule has 13 heavy (non-hydrogen) atoms. The second-order valence-corrected chi connectivity index (χ2v) is 5.91. The zero-order chi connectivity index (χ0) is 9.26. The average molecular weight is 264 g/mol. The molecule has 74 valence electrons. The van der Waals surface area contributed by atoms with E-state index in [1.807, 2.05) is 11.8 Å². The highest BCUT2D eigenvalue weighted by molar-refractivity contribution is 9.10. The number of carbonyl (C=O) groups is 1. The monoisotopic (exact) mass is 263 g/mol. The van der Waals surface area contributed by atoms with Gasteiger partial charge in [-0.15, -0.1) is 0 Å². The highest BCUT2D eigenvalue weighted by Gasteiger charge is 2.34. The third-order valence-electron chi connectivity index (χ3n) is 2.75. The lowest BCUT2D eigenvalue weighted by Crippen LogP contribution is -2.40. The third-order valence-corrected chi connectivity index (χ3v) is 4.80. The number of rotatable bonds is 1. The van der Waals surface area contributed by atoms with Gasteiger partial charge in [0.15, 0.2) is 0 Å². The van der Waals surface area contributed by atoms with Gasteiger partial charge >= 0.3 is 0 Å². The Morgan fingerprint density at radius 1 is 1.46 bits per heavy atom. The molecule has 1 amide bonds. The lowest BCUT2D eigenvalue weighted by atomic mass is 10.1. The zero-order valence-corrected chi connectivity index (χ0v) is 9.94. The van der Waals surface area contributed by atoms with Gasteiger partial charge in [0.1, 0.15) is 0 Å². The van der Waals surface area contributed by atoms with Crippen molar-refractivity contribution in [2.24, 2.45) is 0 Å². The molecule has 2 aliphatic heterocycles. The number of alkyl halides is 1. The van der Waals surface area contributed by atoms with E-state index in [9.17, 15) is 4.79 Å². The van der Waals surface area contributed by atoms with E-state index in [1.165, 1.54) is 18.6 Å². The van der Waals surface area contributed by atoms with Crippen molar-refractivity contribution in [1.82, 2.24) is 4.90 Å². The largest absolute Gasteiger partial charge is 0.338 e. The lowest BCUT2D eigenvalue weighted by molar-refractivity contribution is -0.128. The van der Waals surface area contributed by atoms with Gasteiger partial charge < -0.3 is 4.90 Å². The summed E-state index contributed by atoms with van der Waals surface area (Å²) in [6.07, 6.45) is 3.46. The van der Waals surface area contributed by atoms with Crippen molar-refractivity contribution in [3.8, 4) is 0 Å². The van der Waals surface area contributed by atoms with E-state index >= 15 is 0 Å². The molecule has 2 atom stereocenters. The van der Waals surface area contributed by atoms with E-state index in [0.29, 0.717) is 11.9 Å². The number of nitrogens with zero attached hydrogens (tertiary/aromatic N) is 1. The maximum atomic E-state index is 11.7. The van der Waals surface area contributed by atoms with E-state index in [0.717, 1.165) is 18.7 Å². The summed E-state index contributed by atoms with van der Waals surface area (Å²) in [6, 6.07) is 0.522. The Hall–Kier alpha value is 0.300. The van der Waals surface area contributed by atoms with E-state index in [2.05, 4.69) is 20.8 Å². The minimum Gasteiger partial charge on any atom is -0.338 e. The van der Waals surface area contributed by atoms with Crippen LogP contribution in [0.4, 0.5) is 0 Å². The van der Waals surface area contributed by atoms with Crippen LogP contribution in [0, 0.1) is 0 Å². The number of halogens is 1. The van der Waals surface area contributed by atoms with Crippen molar-refractivity contribution < 1.29 is 4.79 Å². The summed E-state index contributed by atoms with van der Waals surface area (Å²) in [7, 11) is 0. The molecule has 4 heteroatoms. The van der Waals surface area contributed by atoms with Crippen molar-refractivity contribution in [3.05, 3.63) is 0 Å². The molecule has 0 bridgehead atoms. The molecule has 2 unspecified atom stereocenters. The van der Waals surface area contributed by atoms with Gasteiger partial charge in [-0.05, 0) is 25.0 Å². The summed E-state index contributed by atoms with van der Waals surface area (Å²) in [5, 5.41) is 0. The van der Waals surface area contributed by atoms with Crippen LogP contribution in [0.5, 0.6) is 0 Å². The van der Waals surface area contributed by atoms with Gasteiger partial charge in [-0.25, -0.2) is 0 Å². The molecule has 2 rings (SSSR count). The van der Waals surface area contributed by atoms with E-state index in [1.54, 1.807) is 0 Å². The average Bonchev–Trinajstić information content (AvgIpc) is 2.49. The van der Waals surface area contributed by atoms with Crippen molar-refractivity contribution in [1.29, 1.82) is 0 Å². The fourth-order valence-electron chi connectivity index (χ4n) is 2.00. The standard InChI is InChI=1S/C9H14BrNOS/c10-8-3-4-11(9(8)12)7-2-1-5-13-6-7/h7-8H,1-6H2. The van der Waals surface area contributed by atoms with Crippen LogP contribution in [0.25, 0.3) is 0 Å². The lowest BCUT2D eigenvalue weighted by Gasteiger charge is -2.30. The fraction of sp³-hybridized carbons (Fsp3) is 0.889. The van der Waals surface area contributed by atoms with Gasteiger partial charge in [0.25, 0.3) is 0 Å². The van der Waals surface area contributed by atoms with Crippen molar-refractivity contribution in [3.63, 3.8) is 0 Å². The summed E-state index contributed by atoms with van der Waals surface area (Å²) in [5.74, 6) is 2.73. The molecule has 2 heterocycles. The first-order valence-corrected chi connectivity index (χ1v) is 6.88. The Bertz CT molecular complexity index is 206. The number of amides is 1. The molecule has 2 fully saturated rings.